The Morgan fingerprint density at radius 3 is 1.71 bits per heavy atom. The highest BCUT2D eigenvalue weighted by atomic mass is 16.2. The molecule has 2 heterocycles. The van der Waals surface area contributed by atoms with Gasteiger partial charge < -0.3 is 20.0 Å². The number of urea groups is 1. The maximum absolute atomic E-state index is 11.9. The zero-order valence-electron chi connectivity index (χ0n) is 13.5. The maximum Gasteiger partial charge on any atom is 0.319 e. The Hall–Kier alpha value is -1.30. The molecular formula is C15H28N4O2. The first-order valence-corrected chi connectivity index (χ1v) is 7.95. The van der Waals surface area contributed by atoms with Gasteiger partial charge in [0.15, 0.2) is 0 Å². The van der Waals surface area contributed by atoms with E-state index in [-0.39, 0.29) is 11.9 Å². The molecule has 0 atom stereocenters. The van der Waals surface area contributed by atoms with Gasteiger partial charge in [-0.2, -0.15) is 0 Å². The summed E-state index contributed by atoms with van der Waals surface area (Å²) in [4.78, 5) is 28.7. The Morgan fingerprint density at radius 2 is 1.33 bits per heavy atom. The molecule has 120 valence electrons. The first kappa shape index (κ1) is 16.1. The molecule has 3 amide bonds. The van der Waals surface area contributed by atoms with Crippen LogP contribution in [0.25, 0.3) is 0 Å². The Balaban J connectivity index is 1.70. The smallest absolute Gasteiger partial charge is 0.319 e. The number of amides is 3. The summed E-state index contributed by atoms with van der Waals surface area (Å²) in [6, 6.07) is 1.13. The largest absolute Gasteiger partial charge is 0.343 e. The zero-order chi connectivity index (χ0) is 15.4. The minimum Gasteiger partial charge on any atom is -0.343 e. The van der Waals surface area contributed by atoms with Crippen LogP contribution in [0, 0.1) is 0 Å². The van der Waals surface area contributed by atoms with Gasteiger partial charge in [-0.15, -0.1) is 0 Å². The third-order valence-corrected chi connectivity index (χ3v) is 4.56. The van der Waals surface area contributed by atoms with E-state index in [0.717, 1.165) is 51.9 Å². The Kier molecular flexibility index (Phi) is 5.45. The van der Waals surface area contributed by atoms with Crippen molar-refractivity contribution in [2.45, 2.75) is 44.7 Å². The molecule has 1 N–H and O–H groups in total. The van der Waals surface area contributed by atoms with Crippen LogP contribution in [0.15, 0.2) is 0 Å². The van der Waals surface area contributed by atoms with Crippen molar-refractivity contribution in [2.24, 2.45) is 0 Å². The number of carbonyl (C=O) groups is 2. The number of nitrogens with one attached hydrogen (secondary N) is 1. The lowest BCUT2D eigenvalue weighted by molar-refractivity contribution is -0.129. The fourth-order valence-corrected chi connectivity index (χ4v) is 3.21. The van der Waals surface area contributed by atoms with Crippen LogP contribution in [0.3, 0.4) is 0 Å². The van der Waals surface area contributed by atoms with Gasteiger partial charge in [0.2, 0.25) is 5.91 Å². The lowest BCUT2D eigenvalue weighted by Crippen LogP contribution is -2.52. The molecule has 2 aliphatic rings. The average Bonchev–Trinajstić information content (AvgIpc) is 2.47. The van der Waals surface area contributed by atoms with E-state index in [2.05, 4.69) is 5.32 Å². The van der Waals surface area contributed by atoms with Crippen LogP contribution in [-0.2, 0) is 4.79 Å². The van der Waals surface area contributed by atoms with Crippen LogP contribution in [0.1, 0.15) is 32.6 Å². The van der Waals surface area contributed by atoms with E-state index in [0.29, 0.717) is 12.1 Å². The second-order valence-electron chi connectivity index (χ2n) is 6.39. The van der Waals surface area contributed by atoms with Crippen molar-refractivity contribution in [3.8, 4) is 0 Å². The van der Waals surface area contributed by atoms with E-state index < -0.39 is 0 Å². The Bertz CT molecular complexity index is 370. The summed E-state index contributed by atoms with van der Waals surface area (Å²) in [5.41, 5.74) is 0. The quantitative estimate of drug-likeness (QED) is 0.817. The number of piperidine rings is 2. The van der Waals surface area contributed by atoms with Gasteiger partial charge in [-0.25, -0.2) is 4.79 Å². The topological polar surface area (TPSA) is 55.9 Å². The molecular weight excluding hydrogens is 268 g/mol. The van der Waals surface area contributed by atoms with Crippen molar-refractivity contribution in [3.05, 3.63) is 0 Å². The molecule has 2 rings (SSSR count). The molecule has 0 aliphatic carbocycles. The van der Waals surface area contributed by atoms with E-state index >= 15 is 0 Å². The van der Waals surface area contributed by atoms with Crippen LogP contribution >= 0.6 is 0 Å². The first-order chi connectivity index (χ1) is 9.97. The third-order valence-electron chi connectivity index (χ3n) is 4.56. The summed E-state index contributed by atoms with van der Waals surface area (Å²) in [6.45, 7) is 5.04. The molecule has 2 aliphatic heterocycles. The van der Waals surface area contributed by atoms with E-state index in [1.807, 2.05) is 9.80 Å². The summed E-state index contributed by atoms with van der Waals surface area (Å²) in [6.07, 6.45) is 4.12. The van der Waals surface area contributed by atoms with E-state index in [9.17, 15) is 9.59 Å². The molecule has 0 aromatic heterocycles. The van der Waals surface area contributed by atoms with Crippen LogP contribution in [-0.4, -0.2) is 79.0 Å². The molecule has 21 heavy (non-hydrogen) atoms. The molecule has 0 saturated carbocycles. The van der Waals surface area contributed by atoms with Gasteiger partial charge in [0.1, 0.15) is 0 Å². The van der Waals surface area contributed by atoms with Crippen molar-refractivity contribution in [3.63, 3.8) is 0 Å². The summed E-state index contributed by atoms with van der Waals surface area (Å²) < 4.78 is 0. The molecule has 0 bridgehead atoms. The number of hydrogen-bond donors (Lipinski definition) is 1. The number of carbonyl (C=O) groups excluding carboxylic acids is 2. The SMILES string of the molecule is CC(=O)N1CCC(NC2CCN(C(=O)N(C)C)CC2)CC1. The van der Waals surface area contributed by atoms with Crippen molar-refractivity contribution in [1.29, 1.82) is 0 Å². The highest BCUT2D eigenvalue weighted by Gasteiger charge is 2.27. The molecule has 0 spiro atoms. The van der Waals surface area contributed by atoms with Gasteiger partial charge in [0, 0.05) is 59.3 Å². The van der Waals surface area contributed by atoms with Crippen molar-refractivity contribution in [2.75, 3.05) is 40.3 Å². The summed E-state index contributed by atoms with van der Waals surface area (Å²) in [5, 5.41) is 3.72. The Morgan fingerprint density at radius 1 is 0.905 bits per heavy atom. The van der Waals surface area contributed by atoms with Gasteiger partial charge in [-0.05, 0) is 25.7 Å². The minimum absolute atomic E-state index is 0.114. The molecule has 2 saturated heterocycles. The molecule has 2 fully saturated rings. The first-order valence-electron chi connectivity index (χ1n) is 7.95. The van der Waals surface area contributed by atoms with Gasteiger partial charge in [-0.3, -0.25) is 4.79 Å². The molecule has 6 nitrogen and oxygen atoms in total. The van der Waals surface area contributed by atoms with Crippen molar-refractivity contribution >= 4 is 11.9 Å². The Labute approximate surface area is 127 Å². The highest BCUT2D eigenvalue weighted by molar-refractivity contribution is 5.74. The normalized spacial score (nSPS) is 21.5. The lowest BCUT2D eigenvalue weighted by atomic mass is 9.99. The van der Waals surface area contributed by atoms with Gasteiger partial charge in [0.25, 0.3) is 0 Å². The summed E-state index contributed by atoms with van der Waals surface area (Å²) in [5.74, 6) is 0.184. The number of rotatable bonds is 2. The number of nitrogens with zero attached hydrogens (tertiary/aromatic N) is 3. The summed E-state index contributed by atoms with van der Waals surface area (Å²) >= 11 is 0. The zero-order valence-corrected chi connectivity index (χ0v) is 13.5. The highest BCUT2D eigenvalue weighted by Crippen LogP contribution is 2.16. The predicted octanol–water partition coefficient (Wildman–Crippen LogP) is 0.733. The van der Waals surface area contributed by atoms with Crippen LogP contribution < -0.4 is 5.32 Å². The van der Waals surface area contributed by atoms with E-state index in [1.165, 1.54) is 0 Å². The summed E-state index contributed by atoms with van der Waals surface area (Å²) in [7, 11) is 3.60. The third kappa shape index (κ3) is 4.33. The fourth-order valence-electron chi connectivity index (χ4n) is 3.21. The second kappa shape index (κ2) is 7.11. The molecule has 0 radical (unpaired) electrons. The predicted molar refractivity (Wildman–Crippen MR) is 82.1 cm³/mol. The lowest BCUT2D eigenvalue weighted by Gasteiger charge is -2.38. The van der Waals surface area contributed by atoms with Crippen molar-refractivity contribution in [1.82, 2.24) is 20.0 Å². The molecule has 0 unspecified atom stereocenters. The molecule has 0 aromatic carbocycles. The standard InChI is InChI=1S/C15H28N4O2/c1-12(20)18-8-4-13(5-9-18)16-14-6-10-19(11-7-14)15(21)17(2)3/h13-14,16H,4-11H2,1-3H3. The van der Waals surface area contributed by atoms with E-state index in [4.69, 9.17) is 0 Å². The van der Waals surface area contributed by atoms with Gasteiger partial charge >= 0.3 is 6.03 Å². The van der Waals surface area contributed by atoms with Gasteiger partial charge in [0.05, 0.1) is 0 Å². The number of hydrogen-bond acceptors (Lipinski definition) is 3. The molecule has 0 aromatic rings. The van der Waals surface area contributed by atoms with E-state index in [1.54, 1.807) is 25.9 Å². The van der Waals surface area contributed by atoms with Crippen LogP contribution in [0.4, 0.5) is 4.79 Å². The maximum atomic E-state index is 11.9. The molecule has 6 heteroatoms. The van der Waals surface area contributed by atoms with Crippen molar-refractivity contribution < 1.29 is 9.59 Å². The van der Waals surface area contributed by atoms with Crippen LogP contribution in [0.5, 0.6) is 0 Å². The van der Waals surface area contributed by atoms with Gasteiger partial charge in [-0.1, -0.05) is 0 Å². The fraction of sp³-hybridized carbons (Fsp3) is 0.867. The van der Waals surface area contributed by atoms with Crippen LogP contribution in [0.2, 0.25) is 0 Å². The monoisotopic (exact) mass is 296 g/mol. The number of likely N-dealkylation sites (tertiary alicyclic amines) is 2. The average molecular weight is 296 g/mol. The minimum atomic E-state index is 0.114. The second-order valence-corrected chi connectivity index (χ2v) is 6.39.